The molecule has 0 aliphatic carbocycles. The molecule has 2 aromatic carbocycles. The molecule has 1 atom stereocenters. The van der Waals surface area contributed by atoms with E-state index >= 15 is 0 Å². The van der Waals surface area contributed by atoms with Gasteiger partial charge in [-0.2, -0.15) is 0 Å². The Labute approximate surface area is 110 Å². The van der Waals surface area contributed by atoms with Gasteiger partial charge in [0.1, 0.15) is 0 Å². The zero-order valence-corrected chi connectivity index (χ0v) is 11.6. The van der Waals surface area contributed by atoms with Crippen LogP contribution in [0.15, 0.2) is 42.5 Å². The molecule has 96 valence electrons. The van der Waals surface area contributed by atoms with Crippen molar-refractivity contribution in [3.8, 4) is 0 Å². The molecule has 0 aromatic heterocycles. The lowest BCUT2D eigenvalue weighted by Gasteiger charge is -2.18. The maximum Gasteiger partial charge on any atom is 0.0107 e. The van der Waals surface area contributed by atoms with E-state index in [-0.39, 0.29) is 0 Å². The molecule has 2 rings (SSSR count). The third-order valence-corrected chi connectivity index (χ3v) is 3.46. The molecule has 0 aliphatic rings. The van der Waals surface area contributed by atoms with Gasteiger partial charge in [-0.15, -0.1) is 0 Å². The molecule has 0 fully saturated rings. The van der Waals surface area contributed by atoms with Crippen molar-refractivity contribution in [3.63, 3.8) is 0 Å². The third kappa shape index (κ3) is 3.33. The van der Waals surface area contributed by atoms with E-state index in [9.17, 15) is 0 Å². The van der Waals surface area contributed by atoms with Crippen molar-refractivity contribution < 1.29 is 0 Å². The highest BCUT2D eigenvalue weighted by atomic mass is 14.9. The lowest BCUT2D eigenvalue weighted by atomic mass is 9.96. The fourth-order valence-electron chi connectivity index (χ4n) is 2.52. The van der Waals surface area contributed by atoms with E-state index in [2.05, 4.69) is 68.7 Å². The van der Waals surface area contributed by atoms with Crippen molar-refractivity contribution in [3.05, 3.63) is 48.0 Å². The van der Waals surface area contributed by atoms with Crippen LogP contribution < -0.4 is 5.32 Å². The minimum absolute atomic E-state index is 0.575. The maximum absolute atomic E-state index is 3.43. The molecule has 1 heteroatoms. The monoisotopic (exact) mass is 241 g/mol. The molecule has 0 amide bonds. The summed E-state index contributed by atoms with van der Waals surface area (Å²) in [5.74, 6) is 0.739. The molecule has 0 heterocycles. The van der Waals surface area contributed by atoms with Gasteiger partial charge in [0, 0.05) is 6.04 Å². The third-order valence-electron chi connectivity index (χ3n) is 3.46. The quantitative estimate of drug-likeness (QED) is 0.833. The summed E-state index contributed by atoms with van der Waals surface area (Å²) in [4.78, 5) is 0. The maximum atomic E-state index is 3.43. The highest BCUT2D eigenvalue weighted by Crippen LogP contribution is 2.18. The Morgan fingerprint density at radius 1 is 1.00 bits per heavy atom. The number of nitrogens with one attached hydrogen (secondary N) is 1. The van der Waals surface area contributed by atoms with Crippen LogP contribution in [0.4, 0.5) is 0 Å². The van der Waals surface area contributed by atoms with Gasteiger partial charge in [0.15, 0.2) is 0 Å². The Balaban J connectivity index is 2.15. The van der Waals surface area contributed by atoms with Crippen LogP contribution in [0.25, 0.3) is 10.8 Å². The molecular weight excluding hydrogens is 218 g/mol. The summed E-state index contributed by atoms with van der Waals surface area (Å²) in [5.41, 5.74) is 1.42. The predicted octanol–water partition coefficient (Wildman–Crippen LogP) is 4.02. The predicted molar refractivity (Wildman–Crippen MR) is 80.0 cm³/mol. The average molecular weight is 241 g/mol. The molecule has 0 spiro atoms. The Bertz CT molecular complexity index is 502. The van der Waals surface area contributed by atoms with Crippen molar-refractivity contribution in [1.82, 2.24) is 5.32 Å². The van der Waals surface area contributed by atoms with Gasteiger partial charge in [-0.25, -0.2) is 0 Å². The van der Waals surface area contributed by atoms with Crippen molar-refractivity contribution >= 4 is 10.8 Å². The molecule has 0 radical (unpaired) electrons. The number of likely N-dealkylation sites (N-methyl/N-ethyl adjacent to an activating group) is 1. The Hall–Kier alpha value is -1.34. The van der Waals surface area contributed by atoms with E-state index in [0.29, 0.717) is 6.04 Å². The Morgan fingerprint density at radius 2 is 1.72 bits per heavy atom. The topological polar surface area (TPSA) is 12.0 Å². The van der Waals surface area contributed by atoms with Crippen LogP contribution in [0.5, 0.6) is 0 Å². The summed E-state index contributed by atoms with van der Waals surface area (Å²) in [6.07, 6.45) is 2.34. The lowest BCUT2D eigenvalue weighted by molar-refractivity contribution is 0.441. The second-order valence-electron chi connectivity index (χ2n) is 5.50. The van der Waals surface area contributed by atoms with Crippen LogP contribution in [0.3, 0.4) is 0 Å². The first kappa shape index (κ1) is 13.1. The summed E-state index contributed by atoms with van der Waals surface area (Å²) in [6.45, 7) is 4.56. The molecule has 2 aromatic rings. The van der Waals surface area contributed by atoms with Gasteiger partial charge >= 0.3 is 0 Å². The molecule has 0 saturated carbocycles. The van der Waals surface area contributed by atoms with E-state index in [1.165, 1.54) is 22.8 Å². The molecule has 0 bridgehead atoms. The van der Waals surface area contributed by atoms with Gasteiger partial charge in [0.2, 0.25) is 0 Å². The Kier molecular flexibility index (Phi) is 4.38. The average Bonchev–Trinajstić information content (AvgIpc) is 2.37. The van der Waals surface area contributed by atoms with Gasteiger partial charge in [-0.05, 0) is 42.1 Å². The summed E-state index contributed by atoms with van der Waals surface area (Å²) in [5, 5.41) is 6.10. The first-order chi connectivity index (χ1) is 8.69. The van der Waals surface area contributed by atoms with E-state index in [1.54, 1.807) is 0 Å². The fraction of sp³-hybridized carbons (Fsp3) is 0.412. The van der Waals surface area contributed by atoms with Gasteiger partial charge in [-0.3, -0.25) is 0 Å². The van der Waals surface area contributed by atoms with Crippen LogP contribution >= 0.6 is 0 Å². The molecule has 0 saturated heterocycles. The highest BCUT2D eigenvalue weighted by Gasteiger charge is 2.09. The Morgan fingerprint density at radius 3 is 2.39 bits per heavy atom. The van der Waals surface area contributed by atoms with Crippen molar-refractivity contribution in [2.45, 2.75) is 32.7 Å². The van der Waals surface area contributed by atoms with Crippen LogP contribution in [-0.4, -0.2) is 13.1 Å². The van der Waals surface area contributed by atoms with Crippen molar-refractivity contribution in [1.29, 1.82) is 0 Å². The van der Waals surface area contributed by atoms with E-state index in [4.69, 9.17) is 0 Å². The number of fused-ring (bicyclic) bond motifs is 1. The van der Waals surface area contributed by atoms with Crippen LogP contribution in [0.1, 0.15) is 25.8 Å². The van der Waals surface area contributed by atoms with Crippen molar-refractivity contribution in [2.75, 3.05) is 7.05 Å². The minimum atomic E-state index is 0.575. The first-order valence-corrected chi connectivity index (χ1v) is 6.84. The highest BCUT2D eigenvalue weighted by molar-refractivity contribution is 5.82. The molecular formula is C17H23N. The zero-order chi connectivity index (χ0) is 13.0. The number of hydrogen-bond acceptors (Lipinski definition) is 1. The molecule has 1 unspecified atom stereocenters. The smallest absolute Gasteiger partial charge is 0.0107 e. The van der Waals surface area contributed by atoms with E-state index in [0.717, 1.165) is 12.3 Å². The SMILES string of the molecule is CNC(Cc1ccc2ccccc2c1)CC(C)C. The standard InChI is InChI=1S/C17H23N/c1-13(2)10-17(18-3)12-14-8-9-15-6-4-5-7-16(15)11-14/h4-9,11,13,17-18H,10,12H2,1-3H3. The van der Waals surface area contributed by atoms with Gasteiger partial charge in [0.25, 0.3) is 0 Å². The largest absolute Gasteiger partial charge is 0.317 e. The van der Waals surface area contributed by atoms with E-state index < -0.39 is 0 Å². The first-order valence-electron chi connectivity index (χ1n) is 6.84. The fourth-order valence-corrected chi connectivity index (χ4v) is 2.52. The number of benzene rings is 2. The van der Waals surface area contributed by atoms with Crippen LogP contribution in [-0.2, 0) is 6.42 Å². The summed E-state index contributed by atoms with van der Waals surface area (Å²) < 4.78 is 0. The summed E-state index contributed by atoms with van der Waals surface area (Å²) in [6, 6.07) is 15.9. The molecule has 18 heavy (non-hydrogen) atoms. The van der Waals surface area contributed by atoms with Gasteiger partial charge < -0.3 is 5.32 Å². The second-order valence-corrected chi connectivity index (χ2v) is 5.50. The zero-order valence-electron chi connectivity index (χ0n) is 11.6. The summed E-state index contributed by atoms with van der Waals surface area (Å²) in [7, 11) is 2.06. The second kappa shape index (κ2) is 6.01. The van der Waals surface area contributed by atoms with Crippen molar-refractivity contribution in [2.24, 2.45) is 5.92 Å². The normalized spacial score (nSPS) is 13.1. The molecule has 1 nitrogen and oxygen atoms in total. The number of rotatable bonds is 5. The van der Waals surface area contributed by atoms with Gasteiger partial charge in [-0.1, -0.05) is 56.3 Å². The number of hydrogen-bond donors (Lipinski definition) is 1. The lowest BCUT2D eigenvalue weighted by Crippen LogP contribution is -2.29. The molecule has 1 N–H and O–H groups in total. The van der Waals surface area contributed by atoms with E-state index in [1.807, 2.05) is 0 Å². The summed E-state index contributed by atoms with van der Waals surface area (Å²) >= 11 is 0. The van der Waals surface area contributed by atoms with Crippen LogP contribution in [0, 0.1) is 5.92 Å². The molecule has 0 aliphatic heterocycles. The van der Waals surface area contributed by atoms with Crippen LogP contribution in [0.2, 0.25) is 0 Å². The van der Waals surface area contributed by atoms with Gasteiger partial charge in [0.05, 0.1) is 0 Å². The minimum Gasteiger partial charge on any atom is -0.317 e.